The zero-order valence-corrected chi connectivity index (χ0v) is 18.1. The Morgan fingerprint density at radius 1 is 1.24 bits per heavy atom. The number of carbonyl (C=O) groups is 1. The zero-order chi connectivity index (χ0) is 21.8. The van der Waals surface area contributed by atoms with Crippen LogP contribution in [0, 0.1) is 0 Å². The smallest absolute Gasteiger partial charge is 0.327 e. The first-order valence-electron chi connectivity index (χ1n) is 8.12. The van der Waals surface area contributed by atoms with E-state index in [0.717, 1.165) is 20.5 Å². The highest BCUT2D eigenvalue weighted by atomic mass is 35.5. The molecule has 29 heavy (non-hydrogen) atoms. The van der Waals surface area contributed by atoms with Gasteiger partial charge < -0.3 is 10.1 Å². The predicted octanol–water partition coefficient (Wildman–Crippen LogP) is 3.40. The van der Waals surface area contributed by atoms with E-state index in [4.69, 9.17) is 16.3 Å². The molecule has 0 unspecified atom stereocenters. The van der Waals surface area contributed by atoms with Crippen LogP contribution in [0.25, 0.3) is 0 Å². The number of carbonyl (C=O) groups excluding carboxylic acids is 1. The first-order chi connectivity index (χ1) is 13.6. The maximum absolute atomic E-state index is 12.5. The van der Waals surface area contributed by atoms with Gasteiger partial charge in [0.05, 0.1) is 0 Å². The molecule has 1 aromatic carbocycles. The third kappa shape index (κ3) is 5.53. The minimum absolute atomic E-state index is 0.0848. The summed E-state index contributed by atoms with van der Waals surface area (Å²) in [5.41, 5.74) is 0.384. The number of alkyl halides is 2. The quantitative estimate of drug-likeness (QED) is 0.641. The number of anilines is 2. The van der Waals surface area contributed by atoms with Crippen LogP contribution in [-0.4, -0.2) is 64.3 Å². The highest BCUT2D eigenvalue weighted by Crippen LogP contribution is 2.34. The summed E-state index contributed by atoms with van der Waals surface area (Å²) in [5, 5.41) is 2.44. The number of halogens is 3. The van der Waals surface area contributed by atoms with Gasteiger partial charge in [-0.05, 0) is 24.3 Å². The number of sulfonamides is 1. The third-order valence-corrected chi connectivity index (χ3v) is 7.53. The fraction of sp³-hybridized carbons (Fsp3) is 0.375. The van der Waals surface area contributed by atoms with E-state index in [1.807, 2.05) is 0 Å². The Morgan fingerprint density at radius 3 is 2.34 bits per heavy atom. The number of ether oxygens (including phenoxy) is 1. The van der Waals surface area contributed by atoms with Crippen molar-refractivity contribution in [3.8, 4) is 5.75 Å². The number of nitrogens with one attached hydrogen (secondary N) is 1. The lowest BCUT2D eigenvalue weighted by Gasteiger charge is -2.16. The molecule has 2 rings (SSSR count). The molecule has 0 atom stereocenters. The number of hydrogen-bond donors (Lipinski definition) is 1. The summed E-state index contributed by atoms with van der Waals surface area (Å²) in [6.07, 6.45) is -1.18. The normalized spacial score (nSPS) is 11.7. The van der Waals surface area contributed by atoms with Crippen LogP contribution in [0.3, 0.4) is 0 Å². The van der Waals surface area contributed by atoms with Crippen molar-refractivity contribution in [1.82, 2.24) is 9.29 Å². The standard InChI is InChI=1S/C16H19ClF2N4O4S2/c1-22(2)29(25,26)14-13(17)21-16(28-14)23(3)15(24)20-10-4-6-11(7-5-10)27-12(8-18)9-19/h4-7,12H,8-9H2,1-3H3,(H,20,24). The average molecular weight is 469 g/mol. The van der Waals surface area contributed by atoms with Crippen LogP contribution in [0.2, 0.25) is 5.15 Å². The summed E-state index contributed by atoms with van der Waals surface area (Å²) in [7, 11) is 0.330. The molecule has 8 nitrogen and oxygen atoms in total. The largest absolute Gasteiger partial charge is 0.485 e. The number of nitrogens with zero attached hydrogens (tertiary/aromatic N) is 3. The third-order valence-electron chi connectivity index (χ3n) is 3.61. The van der Waals surface area contributed by atoms with Gasteiger partial charge in [0.2, 0.25) is 0 Å². The van der Waals surface area contributed by atoms with Gasteiger partial charge in [-0.15, -0.1) is 0 Å². The Hall–Kier alpha value is -2.02. The molecule has 2 aromatic rings. The number of benzene rings is 1. The number of hydrogen-bond acceptors (Lipinski definition) is 6. The topological polar surface area (TPSA) is 91.8 Å². The molecule has 0 radical (unpaired) electrons. The molecule has 0 fully saturated rings. The molecule has 0 aliphatic rings. The monoisotopic (exact) mass is 468 g/mol. The molecule has 0 aliphatic heterocycles. The number of urea groups is 1. The van der Waals surface area contributed by atoms with Gasteiger partial charge in [-0.2, -0.15) is 0 Å². The van der Waals surface area contributed by atoms with Crippen molar-refractivity contribution >= 4 is 49.8 Å². The van der Waals surface area contributed by atoms with E-state index in [1.165, 1.54) is 45.4 Å². The van der Waals surface area contributed by atoms with Gasteiger partial charge in [-0.3, -0.25) is 4.90 Å². The van der Waals surface area contributed by atoms with Crippen LogP contribution in [0.1, 0.15) is 0 Å². The molecular formula is C16H19ClF2N4O4S2. The van der Waals surface area contributed by atoms with Gasteiger partial charge in [0, 0.05) is 26.8 Å². The fourth-order valence-electron chi connectivity index (χ4n) is 1.95. The Bertz CT molecular complexity index is 950. The van der Waals surface area contributed by atoms with Gasteiger partial charge in [-0.1, -0.05) is 22.9 Å². The van der Waals surface area contributed by atoms with Gasteiger partial charge in [0.1, 0.15) is 19.1 Å². The molecule has 1 heterocycles. The van der Waals surface area contributed by atoms with Crippen molar-refractivity contribution in [3.63, 3.8) is 0 Å². The van der Waals surface area contributed by atoms with Crippen molar-refractivity contribution < 1.29 is 26.7 Å². The van der Waals surface area contributed by atoms with Crippen LogP contribution in [0.4, 0.5) is 24.4 Å². The summed E-state index contributed by atoms with van der Waals surface area (Å²) >= 11 is 6.69. The average Bonchev–Trinajstić information content (AvgIpc) is 3.08. The second-order valence-corrected chi connectivity index (χ2v) is 9.61. The number of thiazole rings is 1. The summed E-state index contributed by atoms with van der Waals surface area (Å²) < 4.78 is 55.4. The summed E-state index contributed by atoms with van der Waals surface area (Å²) in [5.74, 6) is 0.252. The van der Waals surface area contributed by atoms with Crippen LogP contribution < -0.4 is 15.0 Å². The molecule has 1 N–H and O–H groups in total. The first-order valence-corrected chi connectivity index (χ1v) is 10.8. The number of aromatic nitrogens is 1. The number of amides is 2. The van der Waals surface area contributed by atoms with Crippen LogP contribution >= 0.6 is 22.9 Å². The van der Waals surface area contributed by atoms with Crippen molar-refractivity contribution in [2.24, 2.45) is 0 Å². The van der Waals surface area contributed by atoms with Crippen molar-refractivity contribution in [1.29, 1.82) is 0 Å². The molecule has 0 aliphatic carbocycles. The highest BCUT2D eigenvalue weighted by Gasteiger charge is 2.27. The van der Waals surface area contributed by atoms with Crippen LogP contribution in [0.5, 0.6) is 5.75 Å². The fourth-order valence-corrected chi connectivity index (χ4v) is 4.83. The summed E-state index contributed by atoms with van der Waals surface area (Å²) in [6.45, 7) is -1.91. The Balaban J connectivity index is 2.10. The van der Waals surface area contributed by atoms with Crippen molar-refractivity contribution in [2.45, 2.75) is 10.3 Å². The Labute approximate surface area is 176 Å². The minimum atomic E-state index is -3.79. The predicted molar refractivity (Wildman–Crippen MR) is 108 cm³/mol. The van der Waals surface area contributed by atoms with E-state index in [9.17, 15) is 22.0 Å². The molecule has 0 saturated heterocycles. The van der Waals surface area contributed by atoms with E-state index in [2.05, 4.69) is 10.3 Å². The van der Waals surface area contributed by atoms with Gasteiger partial charge in [0.15, 0.2) is 20.6 Å². The molecule has 2 amide bonds. The molecule has 13 heteroatoms. The molecule has 1 aromatic heterocycles. The molecule has 0 bridgehead atoms. The lowest BCUT2D eigenvalue weighted by atomic mass is 10.3. The summed E-state index contributed by atoms with van der Waals surface area (Å²) in [6, 6.07) is 5.30. The van der Waals surface area contributed by atoms with Crippen LogP contribution in [0.15, 0.2) is 28.5 Å². The van der Waals surface area contributed by atoms with Crippen molar-refractivity contribution in [3.05, 3.63) is 29.4 Å². The number of rotatable bonds is 8. The van der Waals surface area contributed by atoms with Crippen LogP contribution in [-0.2, 0) is 10.0 Å². The lowest BCUT2D eigenvalue weighted by Crippen LogP contribution is -2.31. The lowest BCUT2D eigenvalue weighted by molar-refractivity contribution is 0.133. The molecular weight excluding hydrogens is 450 g/mol. The van der Waals surface area contributed by atoms with E-state index >= 15 is 0 Å². The second kappa shape index (κ2) is 9.65. The SMILES string of the molecule is CN(C(=O)Nc1ccc(OC(CF)CF)cc1)c1nc(Cl)c(S(=O)(=O)N(C)C)s1. The van der Waals surface area contributed by atoms with E-state index in [1.54, 1.807) is 0 Å². The van der Waals surface area contributed by atoms with E-state index < -0.39 is 35.5 Å². The minimum Gasteiger partial charge on any atom is -0.485 e. The van der Waals surface area contributed by atoms with E-state index in [0.29, 0.717) is 5.69 Å². The second-order valence-electron chi connectivity index (χ2n) is 5.92. The Kier molecular flexibility index (Phi) is 7.74. The molecule has 0 saturated carbocycles. The highest BCUT2D eigenvalue weighted by molar-refractivity contribution is 7.91. The molecule has 0 spiro atoms. The first kappa shape index (κ1) is 23.3. The summed E-state index contributed by atoms with van der Waals surface area (Å²) in [4.78, 5) is 17.5. The van der Waals surface area contributed by atoms with Gasteiger partial charge in [0.25, 0.3) is 10.0 Å². The van der Waals surface area contributed by atoms with Gasteiger partial charge >= 0.3 is 6.03 Å². The Morgan fingerprint density at radius 2 is 1.83 bits per heavy atom. The van der Waals surface area contributed by atoms with E-state index in [-0.39, 0.29) is 20.2 Å². The maximum atomic E-state index is 12.5. The molecule has 160 valence electrons. The van der Waals surface area contributed by atoms with Crippen molar-refractivity contribution in [2.75, 3.05) is 44.7 Å². The van der Waals surface area contributed by atoms with Gasteiger partial charge in [-0.25, -0.2) is 31.3 Å². The zero-order valence-electron chi connectivity index (χ0n) is 15.7. The maximum Gasteiger partial charge on any atom is 0.327 e.